The second kappa shape index (κ2) is 10.4. The molecule has 3 fully saturated rings. The molecule has 0 aromatic heterocycles. The van der Waals surface area contributed by atoms with E-state index in [4.69, 9.17) is 0 Å². The fourth-order valence-corrected chi connectivity index (χ4v) is 5.87. The summed E-state index contributed by atoms with van der Waals surface area (Å²) in [5.41, 5.74) is 3.82. The lowest BCUT2D eigenvalue weighted by Gasteiger charge is -2.33. The lowest BCUT2D eigenvalue weighted by molar-refractivity contribution is 0.137. The molecular weight excluding hydrogens is 361 g/mol. The highest BCUT2D eigenvalue weighted by Crippen LogP contribution is 2.49. The van der Waals surface area contributed by atoms with Gasteiger partial charge in [0.25, 0.3) is 0 Å². The molecule has 3 heteroatoms. The largest absolute Gasteiger partial charge is 0.388 e. The van der Waals surface area contributed by atoms with E-state index < -0.39 is 6.17 Å². The van der Waals surface area contributed by atoms with Crippen LogP contribution in [0.15, 0.2) is 35.5 Å². The Morgan fingerprint density at radius 3 is 2.72 bits per heavy atom. The molecule has 0 saturated heterocycles. The molecule has 0 amide bonds. The molecule has 3 aliphatic rings. The summed E-state index contributed by atoms with van der Waals surface area (Å²) in [6.45, 7) is 9.90. The number of allylic oxidation sites excluding steroid dienone is 3. The van der Waals surface area contributed by atoms with Gasteiger partial charge in [-0.05, 0) is 113 Å². The molecule has 0 heterocycles. The summed E-state index contributed by atoms with van der Waals surface area (Å²) in [5.74, 6) is 2.74. The predicted molar refractivity (Wildman–Crippen MR) is 121 cm³/mol. The maximum atomic E-state index is 13.1. The number of aliphatic hydroxyl groups excluding tert-OH is 1. The molecule has 29 heavy (non-hydrogen) atoms. The van der Waals surface area contributed by atoms with Gasteiger partial charge in [-0.3, -0.25) is 0 Å². The zero-order valence-electron chi connectivity index (χ0n) is 18.9. The van der Waals surface area contributed by atoms with Crippen molar-refractivity contribution in [3.05, 3.63) is 35.5 Å². The van der Waals surface area contributed by atoms with Crippen molar-refractivity contribution in [3.8, 4) is 0 Å². The third kappa shape index (κ3) is 5.82. The maximum absolute atomic E-state index is 13.1. The Hall–Kier alpha value is -0.930. The van der Waals surface area contributed by atoms with Gasteiger partial charge in [0.2, 0.25) is 0 Å². The van der Waals surface area contributed by atoms with Crippen molar-refractivity contribution in [1.29, 1.82) is 0 Å². The molecule has 0 aromatic carbocycles. The topological polar surface area (TPSA) is 23.5 Å². The molecule has 6 atom stereocenters. The van der Waals surface area contributed by atoms with Crippen molar-refractivity contribution in [2.45, 2.75) is 83.9 Å². The molecule has 1 N–H and O–H groups in total. The van der Waals surface area contributed by atoms with E-state index in [1.807, 2.05) is 0 Å². The lowest BCUT2D eigenvalue weighted by Crippen LogP contribution is -2.27. The van der Waals surface area contributed by atoms with Crippen molar-refractivity contribution in [3.63, 3.8) is 0 Å². The highest BCUT2D eigenvalue weighted by atomic mass is 19.1. The van der Waals surface area contributed by atoms with Crippen molar-refractivity contribution in [1.82, 2.24) is 4.90 Å². The zero-order chi connectivity index (χ0) is 21.0. The van der Waals surface area contributed by atoms with Crippen LogP contribution in [0.4, 0.5) is 4.39 Å². The molecule has 3 aliphatic carbocycles. The summed E-state index contributed by atoms with van der Waals surface area (Å²) in [6.07, 6.45) is 14.2. The molecule has 0 aromatic rings. The molecule has 3 saturated carbocycles. The number of alkyl halides is 1. The van der Waals surface area contributed by atoms with Crippen LogP contribution in [0.3, 0.4) is 0 Å². The molecule has 164 valence electrons. The fraction of sp³-hybridized carbons (Fsp3) is 0.769. The van der Waals surface area contributed by atoms with Crippen LogP contribution in [0, 0.1) is 23.7 Å². The summed E-state index contributed by atoms with van der Waals surface area (Å²) in [6, 6.07) is 0. The average Bonchev–Trinajstić information content (AvgIpc) is 3.12. The Morgan fingerprint density at radius 1 is 1.17 bits per heavy atom. The molecular formula is C26H42FNO. The number of rotatable bonds is 7. The van der Waals surface area contributed by atoms with Crippen molar-refractivity contribution < 1.29 is 9.50 Å². The van der Waals surface area contributed by atoms with Crippen molar-refractivity contribution >= 4 is 0 Å². The van der Waals surface area contributed by atoms with Gasteiger partial charge in [0.1, 0.15) is 0 Å². The van der Waals surface area contributed by atoms with E-state index in [2.05, 4.69) is 37.6 Å². The van der Waals surface area contributed by atoms with E-state index in [1.54, 1.807) is 12.5 Å². The van der Waals surface area contributed by atoms with E-state index in [1.165, 1.54) is 44.1 Å². The standard InChI is InChI=1S/C26H42FNO/c1-18-8-9-21(20(3)26(18)29)10-11-22-6-5-7-24-23(12-13-25(22)24)15-17-28(4)16-14-19(2)27/h10-11,18-19,23-26,29H,3,5-9,12-17H2,1-2,4H3/b21-10-,22-11+/t18-,19?,23+,24?,25?,26?/m0/s1. The highest BCUT2D eigenvalue weighted by molar-refractivity contribution is 5.38. The minimum absolute atomic E-state index is 0.327. The third-order valence-electron chi connectivity index (χ3n) is 7.92. The van der Waals surface area contributed by atoms with Gasteiger partial charge in [0.15, 0.2) is 0 Å². The summed E-state index contributed by atoms with van der Waals surface area (Å²) in [7, 11) is 2.14. The third-order valence-corrected chi connectivity index (χ3v) is 7.92. The SMILES string of the molecule is C=C1/C(=C\C=C2/CCCC3C2CC[C@@H]3CCN(C)CCC(C)F)CC[C@H](C)C1O. The van der Waals surface area contributed by atoms with Crippen molar-refractivity contribution in [2.75, 3.05) is 20.1 Å². The number of aliphatic hydroxyl groups is 1. The van der Waals surface area contributed by atoms with Crippen LogP contribution in [0.1, 0.15) is 71.6 Å². The summed E-state index contributed by atoms with van der Waals surface area (Å²) in [4.78, 5) is 2.31. The van der Waals surface area contributed by atoms with E-state index >= 15 is 0 Å². The minimum Gasteiger partial charge on any atom is -0.388 e. The number of hydrogen-bond acceptors (Lipinski definition) is 2. The summed E-state index contributed by atoms with van der Waals surface area (Å²) >= 11 is 0. The first-order chi connectivity index (χ1) is 13.9. The van der Waals surface area contributed by atoms with Gasteiger partial charge < -0.3 is 10.0 Å². The smallest absolute Gasteiger partial charge is 0.0985 e. The molecule has 0 spiro atoms. The van der Waals surface area contributed by atoms with Crippen LogP contribution in [0.5, 0.6) is 0 Å². The molecule has 0 radical (unpaired) electrons. The monoisotopic (exact) mass is 403 g/mol. The number of hydrogen-bond donors (Lipinski definition) is 1. The fourth-order valence-electron chi connectivity index (χ4n) is 5.87. The Bertz CT molecular complexity index is 622. The van der Waals surface area contributed by atoms with E-state index in [0.29, 0.717) is 12.3 Å². The summed E-state index contributed by atoms with van der Waals surface area (Å²) in [5, 5.41) is 10.3. The van der Waals surface area contributed by atoms with Crippen LogP contribution in [-0.4, -0.2) is 42.4 Å². The summed E-state index contributed by atoms with van der Waals surface area (Å²) < 4.78 is 13.1. The second-order valence-corrected chi connectivity index (χ2v) is 10.1. The highest BCUT2D eigenvalue weighted by Gasteiger charge is 2.39. The first-order valence-electron chi connectivity index (χ1n) is 12.0. The number of nitrogens with zero attached hydrogens (tertiary/aromatic N) is 1. The molecule has 3 rings (SSSR count). The molecule has 0 aliphatic heterocycles. The predicted octanol–water partition coefficient (Wildman–Crippen LogP) is 6.08. The quantitative estimate of drug-likeness (QED) is 0.556. The van der Waals surface area contributed by atoms with Gasteiger partial charge in [-0.15, -0.1) is 0 Å². The van der Waals surface area contributed by atoms with E-state index in [9.17, 15) is 9.50 Å². The van der Waals surface area contributed by atoms with Gasteiger partial charge >= 0.3 is 0 Å². The van der Waals surface area contributed by atoms with Crippen LogP contribution in [0.2, 0.25) is 0 Å². The Labute approximate surface area is 177 Å². The van der Waals surface area contributed by atoms with Crippen LogP contribution >= 0.6 is 0 Å². The molecule has 0 bridgehead atoms. The Morgan fingerprint density at radius 2 is 1.97 bits per heavy atom. The molecule has 2 nitrogen and oxygen atoms in total. The maximum Gasteiger partial charge on any atom is 0.0985 e. The number of halogens is 1. The number of fused-ring (bicyclic) bond motifs is 1. The van der Waals surface area contributed by atoms with Crippen LogP contribution < -0.4 is 0 Å². The van der Waals surface area contributed by atoms with Gasteiger partial charge in [0.05, 0.1) is 12.3 Å². The van der Waals surface area contributed by atoms with Crippen LogP contribution in [0.25, 0.3) is 0 Å². The second-order valence-electron chi connectivity index (χ2n) is 10.1. The van der Waals surface area contributed by atoms with Crippen LogP contribution in [-0.2, 0) is 0 Å². The van der Waals surface area contributed by atoms with Crippen molar-refractivity contribution in [2.24, 2.45) is 23.7 Å². The van der Waals surface area contributed by atoms with E-state index in [0.717, 1.165) is 49.3 Å². The van der Waals surface area contributed by atoms with Gasteiger partial charge in [-0.25, -0.2) is 4.39 Å². The Balaban J connectivity index is 1.57. The first-order valence-corrected chi connectivity index (χ1v) is 12.0. The van der Waals surface area contributed by atoms with E-state index in [-0.39, 0.29) is 6.10 Å². The minimum atomic E-state index is -0.696. The zero-order valence-corrected chi connectivity index (χ0v) is 18.9. The van der Waals surface area contributed by atoms with Gasteiger partial charge in [-0.1, -0.05) is 31.2 Å². The Kier molecular flexibility index (Phi) is 8.15. The first kappa shape index (κ1) is 22.7. The average molecular weight is 404 g/mol. The van der Waals surface area contributed by atoms with Gasteiger partial charge in [-0.2, -0.15) is 0 Å². The van der Waals surface area contributed by atoms with Gasteiger partial charge in [0, 0.05) is 6.54 Å². The lowest BCUT2D eigenvalue weighted by atomic mass is 9.74. The molecule has 4 unspecified atom stereocenters. The normalized spacial score (nSPS) is 36.8.